The van der Waals surface area contributed by atoms with Crippen molar-refractivity contribution < 1.29 is 92.1 Å². The Hall–Kier alpha value is -1.64. The van der Waals surface area contributed by atoms with E-state index in [4.69, 9.17) is 20.4 Å². The van der Waals surface area contributed by atoms with Crippen LogP contribution < -0.4 is 20.4 Å². The normalized spacial score (nSPS) is 30.2. The van der Waals surface area contributed by atoms with Gasteiger partial charge in [-0.2, -0.15) is 6.20 Å². The Morgan fingerprint density at radius 2 is 0.831 bits per heavy atom. The van der Waals surface area contributed by atoms with Gasteiger partial charge < -0.3 is 92.7 Å². The summed E-state index contributed by atoms with van der Waals surface area (Å²) in [6.07, 6.45) is 16.3. The smallest absolute Gasteiger partial charge is 0.863 e. The van der Waals surface area contributed by atoms with E-state index in [1.165, 1.54) is 13.8 Å². The van der Waals surface area contributed by atoms with E-state index >= 15 is 0 Å². The summed E-state index contributed by atoms with van der Waals surface area (Å²) in [6, 6.07) is -1.42. The molecule has 8 unspecified atom stereocenters. The maximum atomic E-state index is 12.2. The predicted molar refractivity (Wildman–Crippen MR) is 210 cm³/mol. The van der Waals surface area contributed by atoms with Crippen LogP contribution in [0.5, 0.6) is 0 Å². The van der Waals surface area contributed by atoms with E-state index in [-0.39, 0.29) is 105 Å². The minimum Gasteiger partial charge on any atom is -0.863 e. The summed E-state index contributed by atoms with van der Waals surface area (Å²) in [4.78, 5) is 16.8. The fourth-order valence-corrected chi connectivity index (χ4v) is 6.50. The van der Waals surface area contributed by atoms with Crippen molar-refractivity contribution in [3.05, 3.63) is 56.3 Å². The molecule has 0 aromatic heterocycles. The van der Waals surface area contributed by atoms with Gasteiger partial charge in [0.15, 0.2) is 0 Å². The second kappa shape index (κ2) is 33.0. The van der Waals surface area contributed by atoms with E-state index in [1.807, 2.05) is 0 Å². The molecule has 6 rings (SSSR count). The van der Waals surface area contributed by atoms with Gasteiger partial charge in [0.1, 0.15) is 12.6 Å². The van der Waals surface area contributed by atoms with Gasteiger partial charge in [-0.1, -0.05) is 118 Å². The molecule has 18 nitrogen and oxygen atoms in total. The fraction of sp³-hybridized carbons (Fsp3) is 0.789. The van der Waals surface area contributed by atoms with E-state index in [9.17, 15) is 20.4 Å². The largest absolute Gasteiger partial charge is 2.00 e. The molecular weight excluding hydrogens is 915 g/mol. The van der Waals surface area contributed by atoms with Crippen LogP contribution in [0.4, 0.5) is 0 Å². The van der Waals surface area contributed by atoms with E-state index in [0.717, 1.165) is 110 Å². The molecule has 5 fully saturated rings. The Bertz CT molecular complexity index is 1240. The van der Waals surface area contributed by atoms with E-state index in [1.54, 1.807) is 24.4 Å². The maximum Gasteiger partial charge on any atom is 2.00 e. The van der Waals surface area contributed by atoms with E-state index < -0.39 is 31.0 Å². The Kier molecular flexibility index (Phi) is 32.1. The van der Waals surface area contributed by atoms with Crippen molar-refractivity contribution in [3.8, 4) is 0 Å². The molecule has 0 amide bonds. The quantitative estimate of drug-likeness (QED) is 0.120. The number of aliphatic hydroxyl groups excluding tert-OH is 2. The van der Waals surface area contributed by atoms with Crippen molar-refractivity contribution in [2.45, 2.75) is 172 Å². The number of aliphatic hydroxyl groups is 4. The fourth-order valence-electron chi connectivity index (χ4n) is 6.50. The number of aliphatic imine (C=N–C) groups is 4. The van der Waals surface area contributed by atoms with Crippen LogP contribution in [0.3, 0.4) is 0 Å². The molecule has 21 heteroatoms. The number of rotatable bonds is 8. The first-order chi connectivity index (χ1) is 26.9. The third-order valence-electron chi connectivity index (χ3n) is 9.19. The zero-order valence-corrected chi connectivity index (χ0v) is 36.4. The molecule has 8 atom stereocenters. The predicted octanol–water partition coefficient (Wildman–Crippen LogP) is 1.66. The summed E-state index contributed by atoms with van der Waals surface area (Å²) in [7, 11) is 0. The average Bonchev–Trinajstić information content (AvgIpc) is 3.19. The number of hydrogen-bond donors (Lipinski definition) is 4. The second-order valence-electron chi connectivity index (χ2n) is 14.3. The molecule has 6 heterocycles. The molecule has 0 saturated carbocycles. The van der Waals surface area contributed by atoms with Gasteiger partial charge in [0.25, 0.3) is 0 Å². The Morgan fingerprint density at radius 1 is 0.508 bits per heavy atom. The first-order valence-corrected chi connectivity index (χ1v) is 20.0. The van der Waals surface area contributed by atoms with Crippen molar-refractivity contribution in [2.75, 3.05) is 19.6 Å². The van der Waals surface area contributed by atoms with Crippen LogP contribution in [0.25, 0.3) is 31.9 Å². The number of piperidine rings is 5. The summed E-state index contributed by atoms with van der Waals surface area (Å²) in [6.45, 7) is 4.81. The molecule has 59 heavy (non-hydrogen) atoms. The number of allylic oxidation sites excluding steroid dienone is 2. The third kappa shape index (κ3) is 24.6. The Morgan fingerprint density at radius 3 is 1.10 bits per heavy atom. The van der Waals surface area contributed by atoms with Crippen molar-refractivity contribution in [2.24, 2.45) is 20.0 Å². The molecule has 6 aliphatic heterocycles. The van der Waals surface area contributed by atoms with Gasteiger partial charge in [-0.15, -0.1) is 37.8 Å². The van der Waals surface area contributed by atoms with Crippen molar-refractivity contribution >= 4 is 23.6 Å². The van der Waals surface area contributed by atoms with Crippen molar-refractivity contribution in [1.29, 1.82) is 0 Å². The van der Waals surface area contributed by atoms with Crippen LogP contribution in [0.2, 0.25) is 0 Å². The summed E-state index contributed by atoms with van der Waals surface area (Å²) in [5.74, 6) is -0.778. The molecule has 351 valence electrons. The zero-order valence-electron chi connectivity index (χ0n) is 33.6. The topological polar surface area (TPSA) is 307 Å². The molecule has 0 aliphatic carbocycles. The van der Waals surface area contributed by atoms with Crippen LogP contribution in [0.1, 0.15) is 110 Å². The van der Waals surface area contributed by atoms with Crippen LogP contribution in [0.15, 0.2) is 44.4 Å². The van der Waals surface area contributed by atoms with Gasteiger partial charge in [0, 0.05) is 34.1 Å². The van der Waals surface area contributed by atoms with Gasteiger partial charge >= 0.3 is 17.1 Å². The van der Waals surface area contributed by atoms with E-state index in [0.29, 0.717) is 6.42 Å². The zero-order chi connectivity index (χ0) is 40.7. The molecular formula is C38H60Cu3N10O8-8. The van der Waals surface area contributed by atoms with Crippen LogP contribution >= 0.6 is 0 Å². The first kappa shape index (κ1) is 57.4. The molecule has 0 bridgehead atoms. The summed E-state index contributed by atoms with van der Waals surface area (Å²) >= 11 is 0. The summed E-state index contributed by atoms with van der Waals surface area (Å²) < 4.78 is 0. The van der Waals surface area contributed by atoms with Gasteiger partial charge in [-0.3, -0.25) is 0 Å². The molecule has 3 radical (unpaired) electrons. The average molecular weight is 976 g/mol. The molecule has 0 spiro atoms. The molecule has 4 N–H and O–H groups in total. The van der Waals surface area contributed by atoms with Gasteiger partial charge in [0.2, 0.25) is 0 Å². The molecule has 5 saturated heterocycles. The van der Waals surface area contributed by atoms with Crippen LogP contribution in [0, 0.1) is 0 Å². The van der Waals surface area contributed by atoms with Crippen molar-refractivity contribution in [1.82, 2.24) is 0 Å². The maximum absolute atomic E-state index is 12.2. The van der Waals surface area contributed by atoms with Crippen LogP contribution in [-0.4, -0.2) is 125 Å². The standard InChI is InChI=1S/C17H28N5O2.C17H24N5O2.2C2H6O2.3Cu/c2*23-16(12-6-1-3-10-18-12)21-14-8-5-9-15(20-14)22-17(24)13-7-2-4-11-19-13;2*1-2(3)4;;;/h12-15H,1-11H2,(H,21,23)(H,22,24);1,3,6,10,12-15H,2,4-5,7-9,11H2,(H,21,23)(H,22,24);2*2-4H,1H3;;;/q2*-3;;;;;+2/p-4. The van der Waals surface area contributed by atoms with Gasteiger partial charge in [-0.25, -0.2) is 0 Å². The van der Waals surface area contributed by atoms with Gasteiger partial charge in [0.05, 0.1) is 0 Å². The minimum absolute atomic E-state index is 0. The van der Waals surface area contributed by atoms with Gasteiger partial charge in [-0.05, 0) is 64.2 Å². The number of hydrogen-bond acceptors (Lipinski definition) is 12. The van der Waals surface area contributed by atoms with E-state index in [2.05, 4.69) is 51.9 Å². The molecule has 6 aliphatic rings. The molecule has 0 aromatic rings. The SMILES string of the molecule is CC(O)O.CC(O)O.[Cu+2].[Cu].[Cu].[O-]C(=NC1CCCC(/N=C(\[O-])C2C=CC=C[N-]2)[N-]1)C1CCCC[N-]1.[O-]C(=NC1CCCC(/N=C(\[O-])C2CCCC[N-]2)[N-]1)C1CCCC[N-]1. The number of nitrogens with zero attached hydrogens (tertiary/aromatic N) is 10. The van der Waals surface area contributed by atoms with Crippen LogP contribution in [-0.2, 0) is 51.2 Å². The summed E-state index contributed by atoms with van der Waals surface area (Å²) in [5, 5.41) is 105. The third-order valence-corrected chi connectivity index (χ3v) is 9.19. The Balaban J connectivity index is 0.000000925. The monoisotopic (exact) mass is 973 g/mol. The molecule has 0 aromatic carbocycles. The first-order valence-electron chi connectivity index (χ1n) is 20.0. The second-order valence-corrected chi connectivity index (χ2v) is 14.3. The summed E-state index contributed by atoms with van der Waals surface area (Å²) in [5.41, 5.74) is 0. The Labute approximate surface area is 381 Å². The van der Waals surface area contributed by atoms with Crippen molar-refractivity contribution in [3.63, 3.8) is 0 Å². The minimum atomic E-state index is -1.17.